The first-order valence-corrected chi connectivity index (χ1v) is 8.62. The summed E-state index contributed by atoms with van der Waals surface area (Å²) in [7, 11) is 0. The molecule has 0 aliphatic rings. The first-order chi connectivity index (χ1) is 11.5. The first kappa shape index (κ1) is 18.2. The van der Waals surface area contributed by atoms with E-state index in [1.807, 2.05) is 6.26 Å². The highest BCUT2D eigenvalue weighted by Gasteiger charge is 2.14. The highest BCUT2D eigenvalue weighted by Crippen LogP contribution is 2.06. The number of nitrogens with two attached hydrogens (primary N) is 2. The molecule has 0 aromatic carbocycles. The van der Waals surface area contributed by atoms with E-state index in [0.717, 1.165) is 5.75 Å². The molecule has 132 valence electrons. The summed E-state index contributed by atoms with van der Waals surface area (Å²) in [5, 5.41) is 0. The van der Waals surface area contributed by atoms with Crippen LogP contribution in [0.5, 0.6) is 0 Å². The van der Waals surface area contributed by atoms with Gasteiger partial charge in [0, 0.05) is 0 Å². The third-order valence-electron chi connectivity index (χ3n) is 3.13. The van der Waals surface area contributed by atoms with E-state index in [0.29, 0.717) is 12.1 Å². The summed E-state index contributed by atoms with van der Waals surface area (Å²) < 4.78 is 12.0. The molecule has 0 saturated heterocycles. The number of esters is 1. The van der Waals surface area contributed by atoms with E-state index in [1.54, 1.807) is 11.8 Å². The second-order valence-electron chi connectivity index (χ2n) is 4.93. The Kier molecular flexibility index (Phi) is 6.58. The van der Waals surface area contributed by atoms with Gasteiger partial charge in [0.05, 0.1) is 12.9 Å². The number of rotatable bonds is 9. The van der Waals surface area contributed by atoms with Crippen LogP contribution < -0.4 is 17.0 Å². The summed E-state index contributed by atoms with van der Waals surface area (Å²) >= 11 is 1.62. The summed E-state index contributed by atoms with van der Waals surface area (Å²) in [6.07, 6.45) is 3.95. The zero-order valence-electron chi connectivity index (χ0n) is 13.2. The molecule has 0 aliphatic carbocycles. The van der Waals surface area contributed by atoms with Gasteiger partial charge in [-0.1, -0.05) is 0 Å². The van der Waals surface area contributed by atoms with Crippen LogP contribution in [0.2, 0.25) is 0 Å². The Hall–Kier alpha value is -2.11. The topological polar surface area (TPSA) is 151 Å². The Bertz CT molecular complexity index is 746. The van der Waals surface area contributed by atoms with Crippen LogP contribution in [0.25, 0.3) is 11.2 Å². The number of H-pyrrole nitrogens is 1. The third kappa shape index (κ3) is 4.69. The summed E-state index contributed by atoms with van der Waals surface area (Å²) in [6, 6.07) is -0.617. The van der Waals surface area contributed by atoms with E-state index in [2.05, 4.69) is 15.0 Å². The number of aromatic nitrogens is 4. The van der Waals surface area contributed by atoms with E-state index < -0.39 is 17.6 Å². The van der Waals surface area contributed by atoms with E-state index in [1.165, 1.54) is 10.9 Å². The average Bonchev–Trinajstić information content (AvgIpc) is 2.95. The number of aromatic amines is 1. The fraction of sp³-hybridized carbons (Fsp3) is 0.538. The lowest BCUT2D eigenvalue weighted by Gasteiger charge is -2.11. The molecule has 2 aromatic heterocycles. The van der Waals surface area contributed by atoms with Crippen molar-refractivity contribution < 1.29 is 14.3 Å². The highest BCUT2D eigenvalue weighted by atomic mass is 32.2. The Morgan fingerprint density at radius 2 is 2.29 bits per heavy atom. The number of nitrogen functional groups attached to an aromatic ring is 1. The van der Waals surface area contributed by atoms with Crippen LogP contribution in [-0.2, 0) is 21.0 Å². The Balaban J connectivity index is 1.77. The predicted molar refractivity (Wildman–Crippen MR) is 90.4 cm³/mol. The second kappa shape index (κ2) is 8.66. The van der Waals surface area contributed by atoms with Crippen molar-refractivity contribution >= 4 is 34.8 Å². The zero-order chi connectivity index (χ0) is 17.5. The number of hydrogen-bond donors (Lipinski definition) is 3. The first-order valence-electron chi connectivity index (χ1n) is 7.22. The Labute approximate surface area is 141 Å². The minimum atomic E-state index is -0.617. The van der Waals surface area contributed by atoms with Crippen molar-refractivity contribution in [3.05, 3.63) is 16.7 Å². The fourth-order valence-corrected chi connectivity index (χ4v) is 2.39. The molecule has 10 nitrogen and oxygen atoms in total. The van der Waals surface area contributed by atoms with Crippen LogP contribution in [-0.4, -0.2) is 56.8 Å². The molecule has 0 aliphatic heterocycles. The summed E-state index contributed by atoms with van der Waals surface area (Å²) in [4.78, 5) is 33.6. The lowest BCUT2D eigenvalue weighted by molar-refractivity contribution is -0.147. The van der Waals surface area contributed by atoms with Gasteiger partial charge >= 0.3 is 5.97 Å². The van der Waals surface area contributed by atoms with Gasteiger partial charge in [-0.25, -0.2) is 4.98 Å². The van der Waals surface area contributed by atoms with Gasteiger partial charge in [-0.05, 0) is 18.4 Å². The zero-order valence-corrected chi connectivity index (χ0v) is 14.0. The van der Waals surface area contributed by atoms with E-state index in [4.69, 9.17) is 20.9 Å². The largest absolute Gasteiger partial charge is 0.462 e. The van der Waals surface area contributed by atoms with Gasteiger partial charge in [0.2, 0.25) is 5.95 Å². The molecule has 24 heavy (non-hydrogen) atoms. The van der Waals surface area contributed by atoms with Crippen LogP contribution in [0.1, 0.15) is 6.42 Å². The summed E-state index contributed by atoms with van der Waals surface area (Å²) in [5.41, 5.74) is 11.3. The second-order valence-corrected chi connectivity index (χ2v) is 5.92. The SMILES string of the molecule is CSCC[C@H](N)C(=O)OCCOCn1cnc2c(=O)[nH]c(N)nc21. The molecule has 5 N–H and O–H groups in total. The summed E-state index contributed by atoms with van der Waals surface area (Å²) in [5.74, 6) is 0.361. The maximum Gasteiger partial charge on any atom is 0.323 e. The van der Waals surface area contributed by atoms with E-state index in [9.17, 15) is 9.59 Å². The van der Waals surface area contributed by atoms with Crippen molar-refractivity contribution in [1.29, 1.82) is 0 Å². The molecule has 2 heterocycles. The quantitative estimate of drug-likeness (QED) is 0.391. The normalized spacial score (nSPS) is 12.4. The van der Waals surface area contributed by atoms with Crippen LogP contribution in [0.15, 0.2) is 11.1 Å². The van der Waals surface area contributed by atoms with Crippen LogP contribution in [0.3, 0.4) is 0 Å². The molecule has 0 spiro atoms. The number of nitrogens with one attached hydrogen (secondary N) is 1. The number of carbonyl (C=O) groups excluding carboxylic acids is 1. The number of anilines is 1. The number of fused-ring (bicyclic) bond motifs is 1. The average molecular weight is 356 g/mol. The molecule has 0 bridgehead atoms. The maximum atomic E-state index is 11.6. The standard InChI is InChI=1S/C13H20N6O4S/c1-24-5-2-8(14)12(21)23-4-3-22-7-19-6-16-9-10(19)17-13(15)18-11(9)20/h6,8H,2-5,7,14H2,1H3,(H3,15,17,18,20)/t8-/m0/s1. The number of ether oxygens (including phenoxy) is 2. The molecular weight excluding hydrogens is 336 g/mol. The molecular formula is C13H20N6O4S. The number of nitrogens with zero attached hydrogens (tertiary/aromatic N) is 3. The van der Waals surface area contributed by atoms with Gasteiger partial charge < -0.3 is 20.9 Å². The van der Waals surface area contributed by atoms with Gasteiger partial charge in [-0.15, -0.1) is 0 Å². The molecule has 0 amide bonds. The van der Waals surface area contributed by atoms with Crippen molar-refractivity contribution in [2.75, 3.05) is 31.0 Å². The lowest BCUT2D eigenvalue weighted by atomic mass is 10.2. The number of carbonyl (C=O) groups is 1. The molecule has 1 atom stereocenters. The van der Waals surface area contributed by atoms with Crippen LogP contribution in [0.4, 0.5) is 5.95 Å². The van der Waals surface area contributed by atoms with Gasteiger partial charge in [0.15, 0.2) is 11.2 Å². The minimum absolute atomic E-state index is 0.00223. The monoisotopic (exact) mass is 356 g/mol. The van der Waals surface area contributed by atoms with Crippen molar-refractivity contribution in [1.82, 2.24) is 19.5 Å². The van der Waals surface area contributed by atoms with Gasteiger partial charge in [-0.2, -0.15) is 16.7 Å². The fourth-order valence-electron chi connectivity index (χ4n) is 1.90. The minimum Gasteiger partial charge on any atom is -0.462 e. The number of imidazole rings is 1. The highest BCUT2D eigenvalue weighted by molar-refractivity contribution is 7.98. The van der Waals surface area contributed by atoms with Gasteiger partial charge in [0.25, 0.3) is 5.56 Å². The predicted octanol–water partition coefficient (Wildman–Crippen LogP) is -0.700. The molecule has 11 heteroatoms. The lowest BCUT2D eigenvalue weighted by Crippen LogP contribution is -2.33. The van der Waals surface area contributed by atoms with Crippen molar-refractivity contribution in [3.8, 4) is 0 Å². The Morgan fingerprint density at radius 3 is 3.04 bits per heavy atom. The van der Waals surface area contributed by atoms with Crippen molar-refractivity contribution in [3.63, 3.8) is 0 Å². The van der Waals surface area contributed by atoms with E-state index >= 15 is 0 Å². The molecule has 0 fully saturated rings. The smallest absolute Gasteiger partial charge is 0.323 e. The van der Waals surface area contributed by atoms with Gasteiger partial charge in [0.1, 0.15) is 19.4 Å². The van der Waals surface area contributed by atoms with Crippen molar-refractivity contribution in [2.24, 2.45) is 5.73 Å². The number of hydrogen-bond acceptors (Lipinski definition) is 9. The van der Waals surface area contributed by atoms with Crippen LogP contribution in [0, 0.1) is 0 Å². The van der Waals surface area contributed by atoms with Crippen LogP contribution >= 0.6 is 11.8 Å². The number of thioether (sulfide) groups is 1. The Morgan fingerprint density at radius 1 is 1.50 bits per heavy atom. The molecule has 0 unspecified atom stereocenters. The third-order valence-corrected chi connectivity index (χ3v) is 3.78. The maximum absolute atomic E-state index is 11.6. The molecule has 0 saturated carbocycles. The summed E-state index contributed by atoms with van der Waals surface area (Å²) in [6.45, 7) is 0.371. The van der Waals surface area contributed by atoms with E-state index in [-0.39, 0.29) is 31.4 Å². The molecule has 0 radical (unpaired) electrons. The van der Waals surface area contributed by atoms with Crippen molar-refractivity contribution in [2.45, 2.75) is 19.2 Å². The molecule has 2 rings (SSSR count). The van der Waals surface area contributed by atoms with Gasteiger partial charge in [-0.3, -0.25) is 19.1 Å². The molecule has 2 aromatic rings.